The molecule has 0 amide bonds. The van der Waals surface area contributed by atoms with Crippen molar-refractivity contribution in [3.8, 4) is 0 Å². The van der Waals surface area contributed by atoms with E-state index in [1.807, 2.05) is 13.8 Å². The van der Waals surface area contributed by atoms with Crippen LogP contribution in [0.25, 0.3) is 0 Å². The van der Waals surface area contributed by atoms with Crippen LogP contribution in [0.15, 0.2) is 0 Å². The number of hydrogen-bond acceptors (Lipinski definition) is 2. The van der Waals surface area contributed by atoms with E-state index in [1.165, 1.54) is 0 Å². The summed E-state index contributed by atoms with van der Waals surface area (Å²) in [5.41, 5.74) is 0. The quantitative estimate of drug-likeness (QED) is 0.528. The van der Waals surface area contributed by atoms with Gasteiger partial charge in [-0.1, -0.05) is 0 Å². The van der Waals surface area contributed by atoms with Gasteiger partial charge in [-0.15, -0.1) is 0 Å². The van der Waals surface area contributed by atoms with Crippen LogP contribution >= 0.6 is 0 Å². The summed E-state index contributed by atoms with van der Waals surface area (Å²) < 4.78 is 5.40. The van der Waals surface area contributed by atoms with E-state index in [0.717, 1.165) is 12.8 Å². The summed E-state index contributed by atoms with van der Waals surface area (Å²) in [5.74, 6) is 0. The Kier molecular flexibility index (Phi) is 2.09. The van der Waals surface area contributed by atoms with E-state index in [4.69, 9.17) is 4.74 Å². The van der Waals surface area contributed by atoms with Gasteiger partial charge >= 0.3 is 0 Å². The molecule has 0 aliphatic carbocycles. The zero-order chi connectivity index (χ0) is 6.85. The molecule has 2 nitrogen and oxygen atoms in total. The van der Waals surface area contributed by atoms with Crippen LogP contribution in [0, 0.1) is 0 Å². The van der Waals surface area contributed by atoms with Crippen molar-refractivity contribution in [1.29, 1.82) is 0 Å². The van der Waals surface area contributed by atoms with Crippen molar-refractivity contribution >= 4 is 0 Å². The molecule has 0 saturated carbocycles. The highest BCUT2D eigenvalue weighted by Gasteiger charge is 2.21. The minimum Gasteiger partial charge on any atom is -0.393 e. The number of rotatable bonds is 0. The molecular formula is C7H14O2. The largest absolute Gasteiger partial charge is 0.393 e. The average Bonchev–Trinajstić information content (AvgIpc) is 1.59. The smallest absolute Gasteiger partial charge is 0.0589 e. The lowest BCUT2D eigenvalue weighted by Crippen LogP contribution is -2.32. The average molecular weight is 130 g/mol. The lowest BCUT2D eigenvalue weighted by Gasteiger charge is -2.28. The number of ether oxygens (including phenoxy) is 1. The van der Waals surface area contributed by atoms with Crippen LogP contribution in [0.3, 0.4) is 0 Å². The first-order valence-electron chi connectivity index (χ1n) is 3.52. The summed E-state index contributed by atoms with van der Waals surface area (Å²) >= 11 is 0. The Morgan fingerprint density at radius 2 is 1.67 bits per heavy atom. The monoisotopic (exact) mass is 130 g/mol. The highest BCUT2D eigenvalue weighted by molar-refractivity contribution is 4.71. The molecule has 1 saturated heterocycles. The fourth-order valence-electron chi connectivity index (χ4n) is 1.37. The molecule has 9 heavy (non-hydrogen) atoms. The van der Waals surface area contributed by atoms with E-state index < -0.39 is 0 Å². The maximum atomic E-state index is 9.17. The van der Waals surface area contributed by atoms with Crippen molar-refractivity contribution in [1.82, 2.24) is 0 Å². The van der Waals surface area contributed by atoms with Gasteiger partial charge < -0.3 is 9.84 Å². The van der Waals surface area contributed by atoms with Crippen LogP contribution in [-0.2, 0) is 4.74 Å². The molecule has 1 fully saturated rings. The van der Waals surface area contributed by atoms with Crippen molar-refractivity contribution in [2.24, 2.45) is 0 Å². The molecule has 54 valence electrons. The number of aliphatic hydroxyl groups is 1. The van der Waals surface area contributed by atoms with Crippen LogP contribution in [0.4, 0.5) is 0 Å². The van der Waals surface area contributed by atoms with Crippen LogP contribution in [0.1, 0.15) is 26.7 Å². The van der Waals surface area contributed by atoms with Crippen molar-refractivity contribution < 1.29 is 9.84 Å². The van der Waals surface area contributed by atoms with E-state index in [2.05, 4.69) is 0 Å². The maximum Gasteiger partial charge on any atom is 0.0589 e. The van der Waals surface area contributed by atoms with Gasteiger partial charge in [0.1, 0.15) is 0 Å². The van der Waals surface area contributed by atoms with Crippen molar-refractivity contribution in [3.05, 3.63) is 0 Å². The van der Waals surface area contributed by atoms with Crippen LogP contribution < -0.4 is 0 Å². The Morgan fingerprint density at radius 1 is 1.22 bits per heavy atom. The first kappa shape index (κ1) is 7.03. The lowest BCUT2D eigenvalue weighted by atomic mass is 10.0. The molecule has 1 aliphatic heterocycles. The molecule has 0 aromatic carbocycles. The number of aliphatic hydroxyl groups excluding tert-OH is 1. The summed E-state index contributed by atoms with van der Waals surface area (Å²) in [6, 6.07) is 0. The van der Waals surface area contributed by atoms with Gasteiger partial charge in [-0.3, -0.25) is 0 Å². The topological polar surface area (TPSA) is 29.5 Å². The molecule has 0 radical (unpaired) electrons. The SMILES string of the molecule is CC1C[C@@H](O)C[C@H](C)O1. The van der Waals surface area contributed by atoms with E-state index in [1.54, 1.807) is 0 Å². The van der Waals surface area contributed by atoms with Gasteiger partial charge in [-0.05, 0) is 26.7 Å². The normalized spacial score (nSPS) is 45.0. The standard InChI is InChI=1S/C7H14O2/c1-5-3-7(8)4-6(2)9-5/h5-8H,3-4H2,1-2H3/t5-,6?,7-/m0/s1. The van der Waals surface area contributed by atoms with Gasteiger partial charge in [-0.2, -0.15) is 0 Å². The van der Waals surface area contributed by atoms with E-state index in [-0.39, 0.29) is 18.3 Å². The van der Waals surface area contributed by atoms with E-state index >= 15 is 0 Å². The van der Waals surface area contributed by atoms with Crippen molar-refractivity contribution in [3.63, 3.8) is 0 Å². The summed E-state index contributed by atoms with van der Waals surface area (Å²) in [5, 5.41) is 9.17. The van der Waals surface area contributed by atoms with Crippen molar-refractivity contribution in [2.75, 3.05) is 0 Å². The Hall–Kier alpha value is -0.0800. The van der Waals surface area contributed by atoms with E-state index in [0.29, 0.717) is 0 Å². The molecule has 0 aromatic heterocycles. The van der Waals surface area contributed by atoms with Crippen LogP contribution in [0.5, 0.6) is 0 Å². The maximum absolute atomic E-state index is 9.17. The van der Waals surface area contributed by atoms with Gasteiger partial charge in [0, 0.05) is 0 Å². The molecule has 1 unspecified atom stereocenters. The first-order valence-corrected chi connectivity index (χ1v) is 3.52. The molecule has 0 aromatic rings. The first-order chi connectivity index (χ1) is 4.18. The highest BCUT2D eigenvalue weighted by atomic mass is 16.5. The molecule has 2 heteroatoms. The molecule has 1 N–H and O–H groups in total. The van der Waals surface area contributed by atoms with Gasteiger partial charge in [0.25, 0.3) is 0 Å². The number of hydrogen-bond donors (Lipinski definition) is 1. The van der Waals surface area contributed by atoms with Crippen LogP contribution in [0.2, 0.25) is 0 Å². The molecule has 0 spiro atoms. The van der Waals surface area contributed by atoms with Crippen LogP contribution in [-0.4, -0.2) is 23.4 Å². The predicted octanol–water partition coefficient (Wildman–Crippen LogP) is 0.935. The zero-order valence-electron chi connectivity index (χ0n) is 6.00. The zero-order valence-corrected chi connectivity index (χ0v) is 6.00. The Morgan fingerprint density at radius 3 is 2.00 bits per heavy atom. The third-order valence-electron chi connectivity index (χ3n) is 1.67. The second kappa shape index (κ2) is 2.67. The Bertz CT molecular complexity index is 67.9. The predicted molar refractivity (Wildman–Crippen MR) is 35.2 cm³/mol. The third-order valence-corrected chi connectivity index (χ3v) is 1.67. The molecule has 1 aliphatic rings. The molecule has 1 heterocycles. The summed E-state index contributed by atoms with van der Waals surface area (Å²) in [6.45, 7) is 4.00. The molecule has 3 atom stereocenters. The highest BCUT2D eigenvalue weighted by Crippen LogP contribution is 2.18. The Labute approximate surface area is 55.8 Å². The Balaban J connectivity index is 2.34. The molecular weight excluding hydrogens is 116 g/mol. The van der Waals surface area contributed by atoms with Gasteiger partial charge in [0.05, 0.1) is 18.3 Å². The van der Waals surface area contributed by atoms with Gasteiger partial charge in [0.2, 0.25) is 0 Å². The minimum atomic E-state index is -0.135. The molecule has 1 rings (SSSR count). The summed E-state index contributed by atoms with van der Waals surface area (Å²) in [4.78, 5) is 0. The summed E-state index contributed by atoms with van der Waals surface area (Å²) in [7, 11) is 0. The third kappa shape index (κ3) is 1.95. The van der Waals surface area contributed by atoms with Gasteiger partial charge in [-0.25, -0.2) is 0 Å². The fourth-order valence-corrected chi connectivity index (χ4v) is 1.37. The van der Waals surface area contributed by atoms with Crippen molar-refractivity contribution in [2.45, 2.75) is 45.0 Å². The minimum absolute atomic E-state index is 0.135. The second-order valence-corrected chi connectivity index (χ2v) is 2.88. The van der Waals surface area contributed by atoms with E-state index in [9.17, 15) is 5.11 Å². The lowest BCUT2D eigenvalue weighted by molar-refractivity contribution is -0.0791. The summed E-state index contributed by atoms with van der Waals surface area (Å²) in [6.07, 6.45) is 1.94. The van der Waals surface area contributed by atoms with Gasteiger partial charge in [0.15, 0.2) is 0 Å². The fraction of sp³-hybridized carbons (Fsp3) is 1.00. The molecule has 0 bridgehead atoms. The second-order valence-electron chi connectivity index (χ2n) is 2.88.